The molecule has 5 nitrogen and oxygen atoms in total. The van der Waals surface area contributed by atoms with Gasteiger partial charge in [0.25, 0.3) is 0 Å². The second kappa shape index (κ2) is 8.13. The molecule has 0 saturated carbocycles. The number of fused-ring (bicyclic) bond motifs is 1. The molecule has 1 unspecified atom stereocenters. The van der Waals surface area contributed by atoms with Crippen LogP contribution in [0.4, 0.5) is 10.1 Å². The van der Waals surface area contributed by atoms with Gasteiger partial charge in [-0.2, -0.15) is 5.26 Å². The average Bonchev–Trinajstić information content (AvgIpc) is 2.83. The maximum absolute atomic E-state index is 13.7. The molecule has 1 aliphatic rings. The Kier molecular flexibility index (Phi) is 5.03. The van der Waals surface area contributed by atoms with E-state index in [1.165, 1.54) is 12.1 Å². The number of hydrogen-bond acceptors (Lipinski definition) is 5. The van der Waals surface area contributed by atoms with Crippen molar-refractivity contribution in [3.05, 3.63) is 90.1 Å². The lowest BCUT2D eigenvalue weighted by atomic mass is 10.0. The van der Waals surface area contributed by atoms with Crippen LogP contribution in [-0.4, -0.2) is 29.7 Å². The van der Waals surface area contributed by atoms with E-state index in [9.17, 15) is 9.65 Å². The predicted molar refractivity (Wildman–Crippen MR) is 117 cm³/mol. The summed E-state index contributed by atoms with van der Waals surface area (Å²) in [6, 6.07) is 20.6. The zero-order chi connectivity index (χ0) is 21.2. The number of nitrogens with zero attached hydrogens (tertiary/aromatic N) is 4. The molecule has 0 N–H and O–H groups in total. The standard InChI is InChI=1S/C25H19FN4O/c26-20-5-3-4-18(12-20)24-16-30(10-11-31-24)25-21-13-17(22-6-1-2-9-28-22)7-8-19(21)15-29-23(25)14-27/h1-9,12-13,15,24H,10-11,16H2. The molecule has 2 aromatic heterocycles. The van der Waals surface area contributed by atoms with Gasteiger partial charge in [0.15, 0.2) is 5.69 Å². The van der Waals surface area contributed by atoms with Crippen LogP contribution in [0.5, 0.6) is 0 Å². The van der Waals surface area contributed by atoms with Crippen molar-refractivity contribution in [2.45, 2.75) is 6.10 Å². The summed E-state index contributed by atoms with van der Waals surface area (Å²) in [6.07, 6.45) is 3.20. The fraction of sp³-hybridized carbons (Fsp3) is 0.160. The SMILES string of the molecule is N#Cc1ncc2ccc(-c3ccccn3)cc2c1N1CCOC(c2cccc(F)c2)C1. The van der Waals surface area contributed by atoms with Gasteiger partial charge >= 0.3 is 0 Å². The second-order valence-electron chi connectivity index (χ2n) is 7.44. The summed E-state index contributed by atoms with van der Waals surface area (Å²) < 4.78 is 19.7. The van der Waals surface area contributed by atoms with Crippen LogP contribution in [0.1, 0.15) is 17.4 Å². The number of rotatable bonds is 3. The number of hydrogen-bond donors (Lipinski definition) is 0. The molecule has 0 aliphatic carbocycles. The van der Waals surface area contributed by atoms with Gasteiger partial charge in [0.05, 0.1) is 18.0 Å². The molecule has 0 bridgehead atoms. The van der Waals surface area contributed by atoms with E-state index in [4.69, 9.17) is 4.74 Å². The first-order valence-corrected chi connectivity index (χ1v) is 10.1. The Morgan fingerprint density at radius 1 is 1.06 bits per heavy atom. The number of morpholine rings is 1. The maximum Gasteiger partial charge on any atom is 0.164 e. The lowest BCUT2D eigenvalue weighted by molar-refractivity contribution is 0.0397. The van der Waals surface area contributed by atoms with Gasteiger partial charge in [0, 0.05) is 41.8 Å². The van der Waals surface area contributed by atoms with Crippen molar-refractivity contribution >= 4 is 16.5 Å². The van der Waals surface area contributed by atoms with E-state index in [1.54, 1.807) is 18.5 Å². The summed E-state index contributed by atoms with van der Waals surface area (Å²) in [6.45, 7) is 1.60. The summed E-state index contributed by atoms with van der Waals surface area (Å²) in [5, 5.41) is 11.7. The summed E-state index contributed by atoms with van der Waals surface area (Å²) in [5.74, 6) is -0.289. The highest BCUT2D eigenvalue weighted by molar-refractivity contribution is 5.98. The molecule has 6 heteroatoms. The highest BCUT2D eigenvalue weighted by atomic mass is 19.1. The Hall–Kier alpha value is -3.82. The van der Waals surface area contributed by atoms with Crippen molar-refractivity contribution in [3.8, 4) is 17.3 Å². The first-order chi connectivity index (χ1) is 15.2. The minimum absolute atomic E-state index is 0.287. The number of anilines is 1. The van der Waals surface area contributed by atoms with E-state index in [2.05, 4.69) is 27.0 Å². The first kappa shape index (κ1) is 19.2. The average molecular weight is 410 g/mol. The third-order valence-electron chi connectivity index (χ3n) is 5.54. The van der Waals surface area contributed by atoms with Crippen LogP contribution in [-0.2, 0) is 4.74 Å². The topological polar surface area (TPSA) is 62.0 Å². The quantitative estimate of drug-likeness (QED) is 0.481. The van der Waals surface area contributed by atoms with Gasteiger partial charge in [-0.05, 0) is 35.9 Å². The molecular formula is C25H19FN4O. The molecule has 152 valence electrons. The molecular weight excluding hydrogens is 391 g/mol. The third-order valence-corrected chi connectivity index (χ3v) is 5.54. The lowest BCUT2D eigenvalue weighted by Crippen LogP contribution is -2.39. The van der Waals surface area contributed by atoms with Gasteiger partial charge in [0.1, 0.15) is 18.0 Å². The van der Waals surface area contributed by atoms with Crippen molar-refractivity contribution in [3.63, 3.8) is 0 Å². The van der Waals surface area contributed by atoms with Crippen molar-refractivity contribution in [2.75, 3.05) is 24.6 Å². The molecule has 31 heavy (non-hydrogen) atoms. The molecule has 0 radical (unpaired) electrons. The van der Waals surface area contributed by atoms with E-state index in [1.807, 2.05) is 36.4 Å². The van der Waals surface area contributed by atoms with E-state index < -0.39 is 0 Å². The smallest absolute Gasteiger partial charge is 0.164 e. The molecule has 0 spiro atoms. The number of pyridine rings is 2. The molecule has 1 saturated heterocycles. The van der Waals surface area contributed by atoms with Crippen LogP contribution >= 0.6 is 0 Å². The molecule has 3 heterocycles. The second-order valence-corrected chi connectivity index (χ2v) is 7.44. The number of halogens is 1. The van der Waals surface area contributed by atoms with Crippen LogP contribution in [0.15, 0.2) is 73.1 Å². The molecule has 5 rings (SSSR count). The van der Waals surface area contributed by atoms with E-state index in [0.29, 0.717) is 25.4 Å². The Labute approximate surface area is 179 Å². The van der Waals surface area contributed by atoms with Crippen molar-refractivity contribution < 1.29 is 9.13 Å². The Morgan fingerprint density at radius 3 is 2.81 bits per heavy atom. The monoisotopic (exact) mass is 410 g/mol. The van der Waals surface area contributed by atoms with Crippen molar-refractivity contribution in [1.29, 1.82) is 5.26 Å². The maximum atomic E-state index is 13.7. The Balaban J connectivity index is 1.60. The minimum atomic E-state index is -0.289. The highest BCUT2D eigenvalue weighted by Gasteiger charge is 2.26. The largest absolute Gasteiger partial charge is 0.370 e. The van der Waals surface area contributed by atoms with Crippen LogP contribution in [0.2, 0.25) is 0 Å². The first-order valence-electron chi connectivity index (χ1n) is 10.1. The van der Waals surface area contributed by atoms with Crippen LogP contribution < -0.4 is 4.90 Å². The zero-order valence-corrected chi connectivity index (χ0v) is 16.7. The fourth-order valence-corrected chi connectivity index (χ4v) is 4.05. The van der Waals surface area contributed by atoms with E-state index in [0.717, 1.165) is 33.3 Å². The number of ether oxygens (including phenoxy) is 1. The van der Waals surface area contributed by atoms with Gasteiger partial charge in [-0.3, -0.25) is 4.98 Å². The van der Waals surface area contributed by atoms with E-state index in [-0.39, 0.29) is 11.9 Å². The van der Waals surface area contributed by atoms with Gasteiger partial charge in [-0.25, -0.2) is 9.37 Å². The molecule has 1 atom stereocenters. The molecule has 1 aliphatic heterocycles. The number of benzene rings is 2. The van der Waals surface area contributed by atoms with Gasteiger partial charge in [0.2, 0.25) is 0 Å². The number of nitriles is 1. The molecule has 2 aromatic carbocycles. The summed E-state index contributed by atoms with van der Waals surface area (Å²) in [5.41, 5.74) is 3.77. The normalized spacial score (nSPS) is 16.3. The third kappa shape index (κ3) is 3.72. The van der Waals surface area contributed by atoms with Crippen molar-refractivity contribution in [2.24, 2.45) is 0 Å². The minimum Gasteiger partial charge on any atom is -0.370 e. The fourth-order valence-electron chi connectivity index (χ4n) is 4.05. The van der Waals surface area contributed by atoms with Gasteiger partial charge in [-0.1, -0.05) is 30.3 Å². The Bertz CT molecular complexity index is 1290. The summed E-state index contributed by atoms with van der Waals surface area (Å²) in [7, 11) is 0. The van der Waals surface area contributed by atoms with Crippen molar-refractivity contribution in [1.82, 2.24) is 9.97 Å². The number of aromatic nitrogens is 2. The van der Waals surface area contributed by atoms with E-state index >= 15 is 0 Å². The highest BCUT2D eigenvalue weighted by Crippen LogP contribution is 2.35. The summed E-state index contributed by atoms with van der Waals surface area (Å²) >= 11 is 0. The van der Waals surface area contributed by atoms with Crippen LogP contribution in [0, 0.1) is 17.1 Å². The molecule has 0 amide bonds. The molecule has 4 aromatic rings. The van der Waals surface area contributed by atoms with Gasteiger partial charge < -0.3 is 9.64 Å². The lowest BCUT2D eigenvalue weighted by Gasteiger charge is -2.35. The van der Waals surface area contributed by atoms with Gasteiger partial charge in [-0.15, -0.1) is 0 Å². The summed E-state index contributed by atoms with van der Waals surface area (Å²) in [4.78, 5) is 11.0. The molecule has 1 fully saturated rings. The zero-order valence-electron chi connectivity index (χ0n) is 16.7. The predicted octanol–water partition coefficient (Wildman–Crippen LogP) is 4.89. The Morgan fingerprint density at radius 2 is 2.00 bits per heavy atom. The van der Waals surface area contributed by atoms with Crippen LogP contribution in [0.3, 0.4) is 0 Å². The van der Waals surface area contributed by atoms with Crippen LogP contribution in [0.25, 0.3) is 22.0 Å².